The fourth-order valence-electron chi connectivity index (χ4n) is 2.23. The molecule has 1 saturated carbocycles. The zero-order chi connectivity index (χ0) is 14.4. The van der Waals surface area contributed by atoms with Gasteiger partial charge in [-0.2, -0.15) is 0 Å². The van der Waals surface area contributed by atoms with Crippen LogP contribution in [-0.2, 0) is 0 Å². The number of rotatable bonds is 2. The summed E-state index contributed by atoms with van der Waals surface area (Å²) >= 11 is 0. The topological polar surface area (TPSA) is 74.6 Å². The standard InChI is InChI=1S/C9H8O4.C6H12/c1-5-6(8(10)11)3-2-4-7(5)9(12)13;1-6-4-2-3-5-6/h2-4H,1H3,(H,10,11)(H,12,13);6H,2-5H2,1H3. The van der Waals surface area contributed by atoms with E-state index in [-0.39, 0.29) is 16.7 Å². The smallest absolute Gasteiger partial charge is 0.335 e. The van der Waals surface area contributed by atoms with Gasteiger partial charge in [0.15, 0.2) is 0 Å². The van der Waals surface area contributed by atoms with E-state index in [1.807, 2.05) is 0 Å². The van der Waals surface area contributed by atoms with Gasteiger partial charge in [-0.1, -0.05) is 38.7 Å². The molecular formula is C15H20O4. The third-order valence-corrected chi connectivity index (χ3v) is 3.44. The van der Waals surface area contributed by atoms with Crippen LogP contribution in [0.5, 0.6) is 0 Å². The van der Waals surface area contributed by atoms with Crippen LogP contribution in [0.15, 0.2) is 18.2 Å². The Morgan fingerprint density at radius 3 is 1.74 bits per heavy atom. The van der Waals surface area contributed by atoms with E-state index in [4.69, 9.17) is 10.2 Å². The maximum absolute atomic E-state index is 10.6. The fourth-order valence-corrected chi connectivity index (χ4v) is 2.23. The summed E-state index contributed by atoms with van der Waals surface area (Å²) in [5.41, 5.74) is 0.335. The van der Waals surface area contributed by atoms with Crippen molar-refractivity contribution in [3.05, 3.63) is 34.9 Å². The highest BCUT2D eigenvalue weighted by atomic mass is 16.4. The van der Waals surface area contributed by atoms with Gasteiger partial charge in [0.1, 0.15) is 0 Å². The lowest BCUT2D eigenvalue weighted by Gasteiger charge is -2.03. The Morgan fingerprint density at radius 1 is 1.05 bits per heavy atom. The molecule has 0 aliphatic heterocycles. The second-order valence-electron chi connectivity index (χ2n) is 4.98. The van der Waals surface area contributed by atoms with E-state index in [0.717, 1.165) is 5.92 Å². The maximum Gasteiger partial charge on any atom is 0.335 e. The molecule has 0 aromatic heterocycles. The van der Waals surface area contributed by atoms with Crippen LogP contribution in [0.3, 0.4) is 0 Å². The lowest BCUT2D eigenvalue weighted by Crippen LogP contribution is -2.06. The summed E-state index contributed by atoms with van der Waals surface area (Å²) in [4.78, 5) is 21.2. The van der Waals surface area contributed by atoms with Crippen molar-refractivity contribution in [2.45, 2.75) is 39.5 Å². The van der Waals surface area contributed by atoms with Crippen LogP contribution >= 0.6 is 0 Å². The Bertz CT molecular complexity index is 427. The van der Waals surface area contributed by atoms with E-state index in [2.05, 4.69) is 6.92 Å². The average molecular weight is 264 g/mol. The van der Waals surface area contributed by atoms with Crippen molar-refractivity contribution in [2.75, 3.05) is 0 Å². The van der Waals surface area contributed by atoms with Crippen molar-refractivity contribution >= 4 is 11.9 Å². The number of hydrogen-bond acceptors (Lipinski definition) is 2. The SMILES string of the molecule is CC1CCCC1.Cc1c(C(=O)O)cccc1C(=O)O. The number of benzene rings is 1. The minimum Gasteiger partial charge on any atom is -0.478 e. The summed E-state index contributed by atoms with van der Waals surface area (Å²) in [6.45, 7) is 3.82. The first-order valence-corrected chi connectivity index (χ1v) is 6.49. The molecule has 1 aromatic rings. The van der Waals surface area contributed by atoms with Gasteiger partial charge in [0.05, 0.1) is 11.1 Å². The molecule has 1 aliphatic carbocycles. The Morgan fingerprint density at radius 2 is 1.47 bits per heavy atom. The number of carboxylic acids is 2. The molecule has 0 radical (unpaired) electrons. The first-order valence-electron chi connectivity index (χ1n) is 6.49. The van der Waals surface area contributed by atoms with Crippen molar-refractivity contribution in [1.82, 2.24) is 0 Å². The molecule has 104 valence electrons. The molecule has 0 amide bonds. The number of carbonyl (C=O) groups is 2. The van der Waals surface area contributed by atoms with Crippen molar-refractivity contribution in [1.29, 1.82) is 0 Å². The second-order valence-corrected chi connectivity index (χ2v) is 4.98. The molecule has 2 rings (SSSR count). The van der Waals surface area contributed by atoms with Gasteiger partial charge in [0, 0.05) is 0 Å². The maximum atomic E-state index is 10.6. The summed E-state index contributed by atoms with van der Waals surface area (Å²) in [6.07, 6.45) is 5.95. The highest BCUT2D eigenvalue weighted by Gasteiger charge is 2.13. The summed E-state index contributed by atoms with van der Waals surface area (Å²) in [7, 11) is 0. The Hall–Kier alpha value is -1.84. The zero-order valence-corrected chi connectivity index (χ0v) is 11.3. The normalized spacial score (nSPS) is 14.6. The molecule has 0 bridgehead atoms. The monoisotopic (exact) mass is 264 g/mol. The molecule has 1 aromatic carbocycles. The Labute approximate surface area is 113 Å². The first-order chi connectivity index (χ1) is 8.93. The molecular weight excluding hydrogens is 244 g/mol. The minimum atomic E-state index is -1.11. The molecule has 1 fully saturated rings. The lowest BCUT2D eigenvalue weighted by atomic mass is 10.0. The predicted octanol–water partition coefficient (Wildman–Crippen LogP) is 3.59. The molecule has 2 N–H and O–H groups in total. The van der Waals surface area contributed by atoms with Gasteiger partial charge >= 0.3 is 11.9 Å². The van der Waals surface area contributed by atoms with E-state index in [9.17, 15) is 9.59 Å². The molecule has 4 heteroatoms. The number of aromatic carboxylic acids is 2. The third-order valence-electron chi connectivity index (χ3n) is 3.44. The summed E-state index contributed by atoms with van der Waals surface area (Å²) in [5, 5.41) is 17.4. The molecule has 0 unspecified atom stereocenters. The van der Waals surface area contributed by atoms with Gasteiger partial charge in [0.25, 0.3) is 0 Å². The minimum absolute atomic E-state index is 0.0277. The average Bonchev–Trinajstić information content (AvgIpc) is 2.80. The summed E-state index contributed by atoms with van der Waals surface area (Å²) in [5.74, 6) is -1.17. The van der Waals surface area contributed by atoms with Crippen LogP contribution in [0.4, 0.5) is 0 Å². The molecule has 4 nitrogen and oxygen atoms in total. The van der Waals surface area contributed by atoms with E-state index in [1.54, 1.807) is 0 Å². The quantitative estimate of drug-likeness (QED) is 0.856. The zero-order valence-electron chi connectivity index (χ0n) is 11.3. The van der Waals surface area contributed by atoms with Crippen molar-refractivity contribution < 1.29 is 19.8 Å². The molecule has 0 heterocycles. The third kappa shape index (κ3) is 4.39. The van der Waals surface area contributed by atoms with E-state index in [0.29, 0.717) is 0 Å². The van der Waals surface area contributed by atoms with Crippen LogP contribution in [-0.4, -0.2) is 22.2 Å². The number of carboxylic acid groups (broad SMARTS) is 2. The van der Waals surface area contributed by atoms with E-state index in [1.165, 1.54) is 50.8 Å². The predicted molar refractivity (Wildman–Crippen MR) is 72.7 cm³/mol. The molecule has 19 heavy (non-hydrogen) atoms. The second kappa shape index (κ2) is 6.92. The summed E-state index contributed by atoms with van der Waals surface area (Å²) < 4.78 is 0. The highest BCUT2D eigenvalue weighted by Crippen LogP contribution is 2.22. The molecule has 0 saturated heterocycles. The van der Waals surface area contributed by atoms with Crippen molar-refractivity contribution in [3.8, 4) is 0 Å². The van der Waals surface area contributed by atoms with Gasteiger partial charge in [-0.25, -0.2) is 9.59 Å². The highest BCUT2D eigenvalue weighted by molar-refractivity contribution is 5.96. The Balaban J connectivity index is 0.000000250. The van der Waals surface area contributed by atoms with E-state index >= 15 is 0 Å². The largest absolute Gasteiger partial charge is 0.478 e. The van der Waals surface area contributed by atoms with E-state index < -0.39 is 11.9 Å². The van der Waals surface area contributed by atoms with Gasteiger partial charge in [0.2, 0.25) is 0 Å². The lowest BCUT2D eigenvalue weighted by molar-refractivity contribution is 0.0696. The molecule has 0 spiro atoms. The van der Waals surface area contributed by atoms with Crippen LogP contribution < -0.4 is 0 Å². The van der Waals surface area contributed by atoms with Crippen LogP contribution in [0.25, 0.3) is 0 Å². The van der Waals surface area contributed by atoms with Crippen LogP contribution in [0.1, 0.15) is 58.9 Å². The van der Waals surface area contributed by atoms with Gasteiger partial charge in [-0.05, 0) is 30.5 Å². The van der Waals surface area contributed by atoms with Crippen molar-refractivity contribution in [3.63, 3.8) is 0 Å². The molecule has 1 aliphatic rings. The van der Waals surface area contributed by atoms with Gasteiger partial charge in [-0.15, -0.1) is 0 Å². The molecule has 0 atom stereocenters. The number of hydrogen-bond donors (Lipinski definition) is 2. The van der Waals surface area contributed by atoms with Crippen molar-refractivity contribution in [2.24, 2.45) is 5.92 Å². The first kappa shape index (κ1) is 15.2. The van der Waals surface area contributed by atoms with Crippen LogP contribution in [0, 0.1) is 12.8 Å². The fraction of sp³-hybridized carbons (Fsp3) is 0.467. The van der Waals surface area contributed by atoms with Gasteiger partial charge in [-0.3, -0.25) is 0 Å². The van der Waals surface area contributed by atoms with Crippen LogP contribution in [0.2, 0.25) is 0 Å². The van der Waals surface area contributed by atoms with Gasteiger partial charge < -0.3 is 10.2 Å². The Kier molecular flexibility index (Phi) is 5.55. The summed E-state index contributed by atoms with van der Waals surface area (Å²) in [6, 6.07) is 4.17.